The lowest BCUT2D eigenvalue weighted by molar-refractivity contribution is 0.102. The van der Waals surface area contributed by atoms with E-state index in [0.29, 0.717) is 10.3 Å². The standard InChI is InChI=1S/C13H9Br2FN2O/c1-7-4-9(15)6-17-12(7)18-13(19)10-5-8(14)2-3-11(10)16/h2-6H,1H3,(H,17,18,19). The van der Waals surface area contributed by atoms with Crippen LogP contribution in [0.15, 0.2) is 39.4 Å². The minimum Gasteiger partial charge on any atom is -0.306 e. The number of nitrogens with zero attached hydrogens (tertiary/aromatic N) is 1. The molecular formula is C13H9Br2FN2O. The van der Waals surface area contributed by atoms with Gasteiger partial charge in [-0.05, 0) is 52.7 Å². The van der Waals surface area contributed by atoms with Crippen LogP contribution >= 0.6 is 31.9 Å². The first-order valence-electron chi connectivity index (χ1n) is 5.36. The Bertz CT molecular complexity index is 647. The molecule has 0 aliphatic heterocycles. The zero-order chi connectivity index (χ0) is 14.0. The van der Waals surface area contributed by atoms with E-state index >= 15 is 0 Å². The highest BCUT2D eigenvalue weighted by molar-refractivity contribution is 9.10. The highest BCUT2D eigenvalue weighted by Gasteiger charge is 2.14. The lowest BCUT2D eigenvalue weighted by Gasteiger charge is -2.08. The van der Waals surface area contributed by atoms with Gasteiger partial charge < -0.3 is 5.32 Å². The number of aromatic nitrogens is 1. The average Bonchev–Trinajstić information content (AvgIpc) is 2.35. The lowest BCUT2D eigenvalue weighted by Crippen LogP contribution is -2.15. The fourth-order valence-electron chi connectivity index (χ4n) is 1.52. The second-order valence-corrected chi connectivity index (χ2v) is 5.73. The molecule has 0 atom stereocenters. The van der Waals surface area contributed by atoms with E-state index in [-0.39, 0.29) is 5.56 Å². The molecule has 6 heteroatoms. The maximum atomic E-state index is 13.6. The first-order chi connectivity index (χ1) is 8.97. The number of hydrogen-bond acceptors (Lipinski definition) is 2. The number of carbonyl (C=O) groups excluding carboxylic acids is 1. The van der Waals surface area contributed by atoms with Crippen LogP contribution in [0.4, 0.5) is 10.2 Å². The molecule has 0 fully saturated rings. The quantitative estimate of drug-likeness (QED) is 0.834. The first kappa shape index (κ1) is 14.1. The normalized spacial score (nSPS) is 10.3. The Hall–Kier alpha value is -1.27. The first-order valence-corrected chi connectivity index (χ1v) is 6.94. The third kappa shape index (κ3) is 3.39. The molecule has 0 radical (unpaired) electrons. The number of anilines is 1. The van der Waals surface area contributed by atoms with Crippen molar-refractivity contribution in [2.75, 3.05) is 5.32 Å². The van der Waals surface area contributed by atoms with Crippen molar-refractivity contribution < 1.29 is 9.18 Å². The maximum Gasteiger partial charge on any atom is 0.259 e. The van der Waals surface area contributed by atoms with Crippen molar-refractivity contribution in [3.05, 3.63) is 56.4 Å². The van der Waals surface area contributed by atoms with Gasteiger partial charge in [0.2, 0.25) is 0 Å². The summed E-state index contributed by atoms with van der Waals surface area (Å²) in [6.07, 6.45) is 1.57. The minimum atomic E-state index is -0.574. The monoisotopic (exact) mass is 386 g/mol. The van der Waals surface area contributed by atoms with Crippen LogP contribution in [0.1, 0.15) is 15.9 Å². The van der Waals surface area contributed by atoms with Crippen molar-refractivity contribution in [3.63, 3.8) is 0 Å². The van der Waals surface area contributed by atoms with E-state index in [1.165, 1.54) is 18.2 Å². The van der Waals surface area contributed by atoms with Crippen LogP contribution in [-0.2, 0) is 0 Å². The molecule has 0 aliphatic carbocycles. The summed E-state index contributed by atoms with van der Waals surface area (Å²) in [7, 11) is 0. The Balaban J connectivity index is 2.28. The largest absolute Gasteiger partial charge is 0.306 e. The SMILES string of the molecule is Cc1cc(Br)cnc1NC(=O)c1cc(Br)ccc1F. The Morgan fingerprint density at radius 3 is 2.68 bits per heavy atom. The van der Waals surface area contributed by atoms with Crippen molar-refractivity contribution in [3.8, 4) is 0 Å². The highest BCUT2D eigenvalue weighted by atomic mass is 79.9. The van der Waals surface area contributed by atoms with Crippen LogP contribution in [0.25, 0.3) is 0 Å². The minimum absolute atomic E-state index is 0.0292. The number of nitrogens with one attached hydrogen (secondary N) is 1. The Labute approximate surface area is 126 Å². The van der Waals surface area contributed by atoms with E-state index in [2.05, 4.69) is 42.2 Å². The van der Waals surface area contributed by atoms with Gasteiger partial charge >= 0.3 is 0 Å². The summed E-state index contributed by atoms with van der Waals surface area (Å²) < 4.78 is 15.0. The number of pyridine rings is 1. The van der Waals surface area contributed by atoms with E-state index < -0.39 is 11.7 Å². The summed E-state index contributed by atoms with van der Waals surface area (Å²) in [5.41, 5.74) is 0.761. The number of amides is 1. The van der Waals surface area contributed by atoms with Gasteiger partial charge in [-0.3, -0.25) is 4.79 Å². The predicted octanol–water partition coefficient (Wildman–Crippen LogP) is 4.31. The van der Waals surface area contributed by atoms with E-state index in [0.717, 1.165) is 10.0 Å². The predicted molar refractivity (Wildman–Crippen MR) is 78.7 cm³/mol. The van der Waals surface area contributed by atoms with Crippen molar-refractivity contribution in [1.29, 1.82) is 0 Å². The molecule has 1 N–H and O–H groups in total. The molecule has 3 nitrogen and oxygen atoms in total. The van der Waals surface area contributed by atoms with Gasteiger partial charge in [0.25, 0.3) is 5.91 Å². The zero-order valence-corrected chi connectivity index (χ0v) is 13.0. The fraction of sp³-hybridized carbons (Fsp3) is 0.0769. The van der Waals surface area contributed by atoms with Crippen molar-refractivity contribution in [2.45, 2.75) is 6.92 Å². The number of benzene rings is 1. The zero-order valence-electron chi connectivity index (χ0n) is 9.88. The van der Waals surface area contributed by atoms with E-state index in [9.17, 15) is 9.18 Å². The summed E-state index contributed by atoms with van der Waals surface area (Å²) in [6.45, 7) is 1.81. The van der Waals surface area contributed by atoms with E-state index in [1.807, 2.05) is 13.0 Å². The third-order valence-electron chi connectivity index (χ3n) is 2.45. The summed E-state index contributed by atoms with van der Waals surface area (Å²) in [5.74, 6) is -0.695. The molecular weight excluding hydrogens is 379 g/mol. The number of rotatable bonds is 2. The summed E-state index contributed by atoms with van der Waals surface area (Å²) >= 11 is 6.49. The molecule has 0 saturated heterocycles. The Kier molecular flexibility index (Phi) is 4.31. The van der Waals surface area contributed by atoms with E-state index in [1.54, 1.807) is 6.20 Å². The van der Waals surface area contributed by atoms with Gasteiger partial charge in [0, 0.05) is 15.1 Å². The molecule has 2 aromatic rings. The Morgan fingerprint density at radius 2 is 2.00 bits per heavy atom. The van der Waals surface area contributed by atoms with Crippen molar-refractivity contribution in [2.24, 2.45) is 0 Å². The molecule has 0 unspecified atom stereocenters. The number of aryl methyl sites for hydroxylation is 1. The van der Waals surface area contributed by atoms with Gasteiger partial charge in [0.1, 0.15) is 11.6 Å². The van der Waals surface area contributed by atoms with Gasteiger partial charge in [0.05, 0.1) is 5.56 Å². The second-order valence-electron chi connectivity index (χ2n) is 3.90. The van der Waals surface area contributed by atoms with Crippen molar-refractivity contribution >= 4 is 43.6 Å². The molecule has 1 aromatic carbocycles. The lowest BCUT2D eigenvalue weighted by atomic mass is 10.2. The molecule has 1 amide bonds. The maximum absolute atomic E-state index is 13.6. The van der Waals surface area contributed by atoms with E-state index in [4.69, 9.17) is 0 Å². The molecule has 0 bridgehead atoms. The molecule has 19 heavy (non-hydrogen) atoms. The van der Waals surface area contributed by atoms with Gasteiger partial charge in [0.15, 0.2) is 0 Å². The molecule has 1 heterocycles. The number of halogens is 3. The second kappa shape index (κ2) is 5.79. The highest BCUT2D eigenvalue weighted by Crippen LogP contribution is 2.20. The summed E-state index contributed by atoms with van der Waals surface area (Å²) in [5, 5.41) is 2.59. The average molecular weight is 388 g/mol. The van der Waals surface area contributed by atoms with Gasteiger partial charge in [-0.1, -0.05) is 15.9 Å². The van der Waals surface area contributed by atoms with Crippen molar-refractivity contribution in [1.82, 2.24) is 4.98 Å². The smallest absolute Gasteiger partial charge is 0.259 e. The number of carbonyl (C=O) groups is 1. The van der Waals surface area contributed by atoms with Gasteiger partial charge in [-0.2, -0.15) is 0 Å². The summed E-state index contributed by atoms with van der Waals surface area (Å²) in [4.78, 5) is 16.1. The summed E-state index contributed by atoms with van der Waals surface area (Å²) in [6, 6.07) is 6.02. The van der Waals surface area contributed by atoms with Crippen LogP contribution in [0.2, 0.25) is 0 Å². The van der Waals surface area contributed by atoms with Crippen LogP contribution in [0.5, 0.6) is 0 Å². The van der Waals surface area contributed by atoms with Crippen LogP contribution in [0.3, 0.4) is 0 Å². The van der Waals surface area contributed by atoms with Crippen LogP contribution < -0.4 is 5.32 Å². The molecule has 98 valence electrons. The Morgan fingerprint density at radius 1 is 1.26 bits per heavy atom. The van der Waals surface area contributed by atoms with Crippen LogP contribution in [-0.4, -0.2) is 10.9 Å². The number of hydrogen-bond donors (Lipinski definition) is 1. The molecule has 0 saturated carbocycles. The molecule has 0 aliphatic rings. The third-order valence-corrected chi connectivity index (χ3v) is 3.38. The topological polar surface area (TPSA) is 42.0 Å². The van der Waals surface area contributed by atoms with Crippen LogP contribution in [0, 0.1) is 12.7 Å². The molecule has 2 rings (SSSR count). The molecule has 1 aromatic heterocycles. The van der Waals surface area contributed by atoms with Gasteiger partial charge in [-0.25, -0.2) is 9.37 Å². The molecule has 0 spiro atoms. The fourth-order valence-corrected chi connectivity index (χ4v) is 2.32. The van der Waals surface area contributed by atoms with Gasteiger partial charge in [-0.15, -0.1) is 0 Å².